The van der Waals surface area contributed by atoms with Gasteiger partial charge in [-0.05, 0) is 36.6 Å². The molecule has 1 N–H and O–H groups in total. The number of nitrogens with zero attached hydrogens (tertiary/aromatic N) is 3. The fraction of sp³-hybridized carbons (Fsp3) is 0.474. The lowest BCUT2D eigenvalue weighted by molar-refractivity contribution is 0.307. The van der Waals surface area contributed by atoms with Crippen molar-refractivity contribution in [2.75, 3.05) is 19.8 Å². The minimum absolute atomic E-state index is 0.432. The topological polar surface area (TPSA) is 61.2 Å². The Morgan fingerprint density at radius 2 is 2.36 bits per heavy atom. The first-order valence-electron chi connectivity index (χ1n) is 9.01. The maximum Gasteiger partial charge on any atom is 0.138 e. The van der Waals surface area contributed by atoms with Gasteiger partial charge in [-0.1, -0.05) is 6.92 Å². The van der Waals surface area contributed by atoms with Crippen LogP contribution < -0.4 is 14.8 Å². The quantitative estimate of drug-likeness (QED) is 0.875. The van der Waals surface area contributed by atoms with E-state index in [1.165, 1.54) is 5.57 Å². The first-order valence-corrected chi connectivity index (χ1v) is 9.01. The molecule has 0 saturated carbocycles. The van der Waals surface area contributed by atoms with Crippen LogP contribution in [-0.2, 0) is 13.0 Å². The second-order valence-corrected chi connectivity index (χ2v) is 6.61. The van der Waals surface area contributed by atoms with E-state index in [1.54, 1.807) is 6.33 Å². The number of hydrogen-bond acceptors (Lipinski definition) is 5. The zero-order chi connectivity index (χ0) is 17.1. The zero-order valence-electron chi connectivity index (χ0n) is 14.6. The van der Waals surface area contributed by atoms with Gasteiger partial charge in [-0.3, -0.25) is 0 Å². The standard InChI is InChI=1S/C19H24N4O2/c1-2-7-24-17-5-3-15-8-14(12-25-18(15)9-17)10-20-16-4-6-19-21-13-22-23(19)11-16/h3,5,8-9,13,16,20H,2,4,6-7,10-12H2,1H3/t16-/m1/s1. The molecule has 1 aromatic heterocycles. The lowest BCUT2D eigenvalue weighted by Crippen LogP contribution is -2.39. The third-order valence-corrected chi connectivity index (χ3v) is 4.65. The van der Waals surface area contributed by atoms with E-state index in [4.69, 9.17) is 9.47 Å². The summed E-state index contributed by atoms with van der Waals surface area (Å²) >= 11 is 0. The molecule has 4 rings (SSSR count). The van der Waals surface area contributed by atoms with Crippen molar-refractivity contribution < 1.29 is 9.47 Å². The van der Waals surface area contributed by atoms with Crippen LogP contribution in [0.5, 0.6) is 11.5 Å². The molecule has 6 heteroatoms. The third-order valence-electron chi connectivity index (χ3n) is 4.65. The van der Waals surface area contributed by atoms with Crippen LogP contribution in [0.15, 0.2) is 30.1 Å². The predicted molar refractivity (Wildman–Crippen MR) is 95.8 cm³/mol. The van der Waals surface area contributed by atoms with Gasteiger partial charge in [0, 0.05) is 30.6 Å². The molecule has 0 fully saturated rings. The van der Waals surface area contributed by atoms with E-state index in [2.05, 4.69) is 34.5 Å². The van der Waals surface area contributed by atoms with Crippen LogP contribution >= 0.6 is 0 Å². The van der Waals surface area contributed by atoms with E-state index < -0.39 is 0 Å². The van der Waals surface area contributed by atoms with Crippen LogP contribution in [0.4, 0.5) is 0 Å². The molecule has 0 radical (unpaired) electrons. The molecule has 0 amide bonds. The fourth-order valence-electron chi connectivity index (χ4n) is 3.28. The van der Waals surface area contributed by atoms with Gasteiger partial charge in [0.1, 0.15) is 30.3 Å². The number of ether oxygens (including phenoxy) is 2. The number of rotatable bonds is 6. The Balaban J connectivity index is 1.36. The molecule has 0 aliphatic carbocycles. The number of hydrogen-bond donors (Lipinski definition) is 1. The van der Waals surface area contributed by atoms with Gasteiger partial charge >= 0.3 is 0 Å². The van der Waals surface area contributed by atoms with Crippen LogP contribution in [0.2, 0.25) is 0 Å². The summed E-state index contributed by atoms with van der Waals surface area (Å²) in [6.07, 6.45) is 6.95. The molecule has 2 aliphatic heterocycles. The number of nitrogens with one attached hydrogen (secondary N) is 1. The van der Waals surface area contributed by atoms with Gasteiger partial charge in [-0.15, -0.1) is 0 Å². The van der Waals surface area contributed by atoms with Crippen molar-refractivity contribution in [2.45, 2.75) is 38.8 Å². The van der Waals surface area contributed by atoms with E-state index in [1.807, 2.05) is 16.8 Å². The van der Waals surface area contributed by atoms with Crippen molar-refractivity contribution in [3.63, 3.8) is 0 Å². The summed E-state index contributed by atoms with van der Waals surface area (Å²) < 4.78 is 13.6. The molecule has 1 aromatic carbocycles. The molecule has 1 atom stereocenters. The van der Waals surface area contributed by atoms with E-state index in [-0.39, 0.29) is 0 Å². The van der Waals surface area contributed by atoms with Gasteiger partial charge in [0.2, 0.25) is 0 Å². The lowest BCUT2D eigenvalue weighted by atomic mass is 10.0. The van der Waals surface area contributed by atoms with Crippen molar-refractivity contribution in [1.29, 1.82) is 0 Å². The number of aryl methyl sites for hydroxylation is 1. The highest BCUT2D eigenvalue weighted by Gasteiger charge is 2.20. The maximum absolute atomic E-state index is 5.92. The summed E-state index contributed by atoms with van der Waals surface area (Å²) in [5.41, 5.74) is 2.38. The normalized spacial score (nSPS) is 18.8. The average molecular weight is 340 g/mol. The Kier molecular flexibility index (Phi) is 4.70. The number of aromatic nitrogens is 3. The summed E-state index contributed by atoms with van der Waals surface area (Å²) in [5, 5.41) is 7.91. The zero-order valence-corrected chi connectivity index (χ0v) is 14.6. The molecule has 0 bridgehead atoms. The van der Waals surface area contributed by atoms with Crippen molar-refractivity contribution in [3.05, 3.63) is 41.5 Å². The Morgan fingerprint density at radius 3 is 3.28 bits per heavy atom. The van der Waals surface area contributed by atoms with Gasteiger partial charge in [-0.25, -0.2) is 9.67 Å². The molecule has 2 aliphatic rings. The van der Waals surface area contributed by atoms with Gasteiger partial charge in [0.25, 0.3) is 0 Å². The second-order valence-electron chi connectivity index (χ2n) is 6.61. The minimum Gasteiger partial charge on any atom is -0.493 e. The molecule has 3 heterocycles. The van der Waals surface area contributed by atoms with Crippen LogP contribution in [-0.4, -0.2) is 40.6 Å². The maximum atomic E-state index is 5.92. The molecule has 0 spiro atoms. The summed E-state index contributed by atoms with van der Waals surface area (Å²) in [4.78, 5) is 4.27. The molecule has 0 saturated heterocycles. The van der Waals surface area contributed by atoms with E-state index >= 15 is 0 Å². The van der Waals surface area contributed by atoms with Crippen molar-refractivity contribution in [3.8, 4) is 11.5 Å². The van der Waals surface area contributed by atoms with E-state index in [0.29, 0.717) is 12.6 Å². The highest BCUT2D eigenvalue weighted by atomic mass is 16.5. The molecule has 132 valence electrons. The molecule has 6 nitrogen and oxygen atoms in total. The highest BCUT2D eigenvalue weighted by Crippen LogP contribution is 2.30. The third kappa shape index (κ3) is 3.69. The first-order chi connectivity index (χ1) is 12.3. The van der Waals surface area contributed by atoms with Gasteiger partial charge in [-0.2, -0.15) is 5.10 Å². The molecular weight excluding hydrogens is 316 g/mol. The van der Waals surface area contributed by atoms with Crippen LogP contribution in [0.1, 0.15) is 31.2 Å². The van der Waals surface area contributed by atoms with Crippen molar-refractivity contribution >= 4 is 6.08 Å². The monoisotopic (exact) mass is 340 g/mol. The highest BCUT2D eigenvalue weighted by molar-refractivity contribution is 5.63. The Hall–Kier alpha value is -2.34. The van der Waals surface area contributed by atoms with E-state index in [9.17, 15) is 0 Å². The van der Waals surface area contributed by atoms with E-state index in [0.717, 1.165) is 61.8 Å². The lowest BCUT2D eigenvalue weighted by Gasteiger charge is -2.25. The molecular formula is C19H24N4O2. The fourth-order valence-corrected chi connectivity index (χ4v) is 3.28. The molecule has 2 aromatic rings. The summed E-state index contributed by atoms with van der Waals surface area (Å²) in [6, 6.07) is 6.50. The molecule has 0 unspecified atom stereocenters. The largest absolute Gasteiger partial charge is 0.493 e. The Bertz CT molecular complexity index is 769. The minimum atomic E-state index is 0.432. The van der Waals surface area contributed by atoms with Gasteiger partial charge in [0.05, 0.1) is 13.2 Å². The Labute approximate surface area is 147 Å². The average Bonchev–Trinajstić information content (AvgIpc) is 3.12. The van der Waals surface area contributed by atoms with Gasteiger partial charge < -0.3 is 14.8 Å². The summed E-state index contributed by atoms with van der Waals surface area (Å²) in [5.74, 6) is 2.87. The van der Waals surface area contributed by atoms with Crippen LogP contribution in [0, 0.1) is 0 Å². The second kappa shape index (κ2) is 7.27. The number of fused-ring (bicyclic) bond motifs is 2. The summed E-state index contributed by atoms with van der Waals surface area (Å²) in [7, 11) is 0. The number of benzene rings is 1. The van der Waals surface area contributed by atoms with Crippen LogP contribution in [0.3, 0.4) is 0 Å². The smallest absolute Gasteiger partial charge is 0.138 e. The molecule has 25 heavy (non-hydrogen) atoms. The Morgan fingerprint density at radius 1 is 1.40 bits per heavy atom. The van der Waals surface area contributed by atoms with Crippen molar-refractivity contribution in [1.82, 2.24) is 20.1 Å². The van der Waals surface area contributed by atoms with Gasteiger partial charge in [0.15, 0.2) is 0 Å². The summed E-state index contributed by atoms with van der Waals surface area (Å²) in [6.45, 7) is 5.19. The predicted octanol–water partition coefficient (Wildman–Crippen LogP) is 2.45. The SMILES string of the molecule is CCCOc1ccc2c(c1)OCC(CN[C@@H]1CCc3ncnn3C1)=C2. The first kappa shape index (κ1) is 16.1. The van der Waals surface area contributed by atoms with Crippen LogP contribution in [0.25, 0.3) is 6.08 Å². The van der Waals surface area contributed by atoms with Crippen molar-refractivity contribution in [2.24, 2.45) is 0 Å².